The fourth-order valence-electron chi connectivity index (χ4n) is 1.25. The molecule has 0 aliphatic heterocycles. The Balaban J connectivity index is 2.25. The van der Waals surface area contributed by atoms with Gasteiger partial charge in [-0.2, -0.15) is 0 Å². The molecule has 1 rings (SSSR count). The molecule has 0 aliphatic rings. The van der Waals surface area contributed by atoms with Gasteiger partial charge in [0, 0.05) is 11.4 Å². The van der Waals surface area contributed by atoms with Crippen molar-refractivity contribution in [3.8, 4) is 5.75 Å². The SMILES string of the molecule is NC(=O)C(Br)C(=O)CCCOc1ccc(Cl)cc1. The van der Waals surface area contributed by atoms with Crippen LogP contribution in [0.5, 0.6) is 5.75 Å². The minimum absolute atomic E-state index is 0.234. The Bertz CT molecular complexity index is 422. The number of primary amides is 1. The summed E-state index contributed by atoms with van der Waals surface area (Å²) >= 11 is 8.66. The third-order valence-corrected chi connectivity index (χ3v) is 3.40. The van der Waals surface area contributed by atoms with Gasteiger partial charge in [0.1, 0.15) is 5.75 Å². The van der Waals surface area contributed by atoms with Crippen LogP contribution in [0.4, 0.5) is 0 Å². The van der Waals surface area contributed by atoms with Crippen molar-refractivity contribution in [2.75, 3.05) is 6.61 Å². The molecule has 0 radical (unpaired) electrons. The second kappa shape index (κ2) is 7.38. The Labute approximate surface area is 119 Å². The smallest absolute Gasteiger partial charge is 0.238 e. The summed E-state index contributed by atoms with van der Waals surface area (Å²) in [6.45, 7) is 0.395. The Morgan fingerprint density at radius 1 is 1.33 bits per heavy atom. The first-order valence-corrected chi connectivity index (χ1v) is 6.64. The highest BCUT2D eigenvalue weighted by molar-refractivity contribution is 9.10. The molecule has 0 saturated heterocycles. The molecule has 0 saturated carbocycles. The van der Waals surface area contributed by atoms with Gasteiger partial charge in [-0.3, -0.25) is 9.59 Å². The van der Waals surface area contributed by atoms with Crippen LogP contribution in [0.15, 0.2) is 24.3 Å². The molecule has 6 heteroatoms. The molecule has 1 aromatic carbocycles. The van der Waals surface area contributed by atoms with E-state index in [1.54, 1.807) is 24.3 Å². The summed E-state index contributed by atoms with van der Waals surface area (Å²) in [7, 11) is 0. The molecule has 98 valence electrons. The number of carbonyl (C=O) groups is 2. The van der Waals surface area contributed by atoms with Gasteiger partial charge in [-0.1, -0.05) is 27.5 Å². The molecule has 1 aromatic rings. The van der Waals surface area contributed by atoms with Crippen molar-refractivity contribution in [2.24, 2.45) is 5.73 Å². The molecule has 0 aromatic heterocycles. The molecule has 2 N–H and O–H groups in total. The highest BCUT2D eigenvalue weighted by Crippen LogP contribution is 2.16. The largest absolute Gasteiger partial charge is 0.494 e. The van der Waals surface area contributed by atoms with Crippen molar-refractivity contribution in [1.29, 1.82) is 0 Å². The van der Waals surface area contributed by atoms with Gasteiger partial charge < -0.3 is 10.5 Å². The maximum absolute atomic E-state index is 11.4. The summed E-state index contributed by atoms with van der Waals surface area (Å²) in [4.78, 5) is 21.2. The van der Waals surface area contributed by atoms with Crippen LogP contribution in [-0.4, -0.2) is 23.1 Å². The molecule has 1 unspecified atom stereocenters. The number of carbonyl (C=O) groups excluding carboxylic acids is 2. The predicted molar refractivity (Wildman–Crippen MR) is 73.1 cm³/mol. The molecule has 1 atom stereocenters. The summed E-state index contributed by atoms with van der Waals surface area (Å²) < 4.78 is 5.41. The fourth-order valence-corrected chi connectivity index (χ4v) is 1.61. The normalized spacial score (nSPS) is 11.9. The van der Waals surface area contributed by atoms with E-state index in [4.69, 9.17) is 22.1 Å². The number of benzene rings is 1. The van der Waals surface area contributed by atoms with Crippen LogP contribution < -0.4 is 10.5 Å². The Morgan fingerprint density at radius 3 is 2.50 bits per heavy atom. The van der Waals surface area contributed by atoms with E-state index >= 15 is 0 Å². The maximum atomic E-state index is 11.4. The lowest BCUT2D eigenvalue weighted by atomic mass is 10.1. The van der Waals surface area contributed by atoms with Crippen LogP contribution in [0.2, 0.25) is 5.02 Å². The van der Waals surface area contributed by atoms with E-state index in [0.29, 0.717) is 23.8 Å². The van der Waals surface area contributed by atoms with Crippen molar-refractivity contribution < 1.29 is 14.3 Å². The second-order valence-corrected chi connectivity index (χ2v) is 4.99. The second-order valence-electron chi connectivity index (χ2n) is 3.64. The van der Waals surface area contributed by atoms with E-state index in [2.05, 4.69) is 15.9 Å². The lowest BCUT2D eigenvalue weighted by Gasteiger charge is -2.07. The topological polar surface area (TPSA) is 69.4 Å². The molecule has 0 aliphatic carbocycles. The zero-order valence-corrected chi connectivity index (χ0v) is 11.9. The van der Waals surface area contributed by atoms with Gasteiger partial charge in [0.15, 0.2) is 10.6 Å². The highest BCUT2D eigenvalue weighted by atomic mass is 79.9. The van der Waals surface area contributed by atoms with Crippen LogP contribution in [-0.2, 0) is 9.59 Å². The minimum Gasteiger partial charge on any atom is -0.494 e. The van der Waals surface area contributed by atoms with E-state index in [0.717, 1.165) is 0 Å². The Morgan fingerprint density at radius 2 is 1.94 bits per heavy atom. The number of alkyl halides is 1. The van der Waals surface area contributed by atoms with Crippen molar-refractivity contribution >= 4 is 39.2 Å². The minimum atomic E-state index is -0.909. The van der Waals surface area contributed by atoms with Crippen molar-refractivity contribution in [2.45, 2.75) is 17.7 Å². The van der Waals surface area contributed by atoms with E-state index in [1.807, 2.05) is 0 Å². The zero-order valence-electron chi connectivity index (χ0n) is 9.57. The van der Waals surface area contributed by atoms with Gasteiger partial charge in [-0.25, -0.2) is 0 Å². The van der Waals surface area contributed by atoms with Crippen LogP contribution in [0.3, 0.4) is 0 Å². The van der Waals surface area contributed by atoms with E-state index in [-0.39, 0.29) is 12.2 Å². The van der Waals surface area contributed by atoms with E-state index in [9.17, 15) is 9.59 Å². The van der Waals surface area contributed by atoms with Crippen molar-refractivity contribution in [3.63, 3.8) is 0 Å². The summed E-state index contributed by atoms with van der Waals surface area (Å²) in [5.41, 5.74) is 5.00. The number of Topliss-reactive ketones (excluding diaryl/α,β-unsaturated/α-hetero) is 1. The molecular formula is C12H13BrClNO3. The number of hydrogen-bond donors (Lipinski definition) is 1. The first-order valence-electron chi connectivity index (χ1n) is 5.35. The Kier molecular flexibility index (Phi) is 6.15. The summed E-state index contributed by atoms with van der Waals surface area (Å²) in [6, 6.07) is 6.95. The zero-order chi connectivity index (χ0) is 13.5. The van der Waals surface area contributed by atoms with Crippen LogP contribution in [0.1, 0.15) is 12.8 Å². The van der Waals surface area contributed by atoms with Gasteiger partial charge in [-0.05, 0) is 30.7 Å². The summed E-state index contributed by atoms with van der Waals surface area (Å²) in [6.07, 6.45) is 0.767. The quantitative estimate of drug-likeness (QED) is 0.472. The third-order valence-electron chi connectivity index (χ3n) is 2.18. The van der Waals surface area contributed by atoms with Gasteiger partial charge >= 0.3 is 0 Å². The molecule has 0 bridgehead atoms. The molecule has 1 amide bonds. The number of nitrogens with two attached hydrogens (primary N) is 1. The maximum Gasteiger partial charge on any atom is 0.238 e. The number of halogens is 2. The van der Waals surface area contributed by atoms with Crippen LogP contribution in [0, 0.1) is 0 Å². The molecule has 0 fully saturated rings. The molecular weight excluding hydrogens is 321 g/mol. The van der Waals surface area contributed by atoms with Crippen molar-refractivity contribution in [1.82, 2.24) is 0 Å². The van der Waals surface area contributed by atoms with Gasteiger partial charge in [0.05, 0.1) is 6.61 Å². The lowest BCUT2D eigenvalue weighted by molar-refractivity contribution is -0.125. The number of ketones is 1. The number of amides is 1. The molecule has 0 spiro atoms. The standard InChI is InChI=1S/C12H13BrClNO3/c13-11(12(15)17)10(16)2-1-7-18-9-5-3-8(14)4-6-9/h3-6,11H,1-2,7H2,(H2,15,17). The first-order chi connectivity index (χ1) is 8.50. The van der Waals surface area contributed by atoms with E-state index in [1.165, 1.54) is 0 Å². The number of rotatable bonds is 7. The van der Waals surface area contributed by atoms with Crippen LogP contribution >= 0.6 is 27.5 Å². The fraction of sp³-hybridized carbons (Fsp3) is 0.333. The van der Waals surface area contributed by atoms with Crippen molar-refractivity contribution in [3.05, 3.63) is 29.3 Å². The first kappa shape index (κ1) is 15.0. The number of ether oxygens (including phenoxy) is 1. The van der Waals surface area contributed by atoms with E-state index < -0.39 is 10.7 Å². The molecule has 0 heterocycles. The average Bonchev–Trinajstić information content (AvgIpc) is 2.35. The molecule has 4 nitrogen and oxygen atoms in total. The third kappa shape index (κ3) is 5.06. The lowest BCUT2D eigenvalue weighted by Crippen LogP contribution is -2.30. The van der Waals surface area contributed by atoms with Gasteiger partial charge in [-0.15, -0.1) is 0 Å². The van der Waals surface area contributed by atoms with Gasteiger partial charge in [0.25, 0.3) is 0 Å². The number of hydrogen-bond acceptors (Lipinski definition) is 3. The highest BCUT2D eigenvalue weighted by Gasteiger charge is 2.19. The van der Waals surface area contributed by atoms with Gasteiger partial charge in [0.2, 0.25) is 5.91 Å². The molecule has 18 heavy (non-hydrogen) atoms. The monoisotopic (exact) mass is 333 g/mol. The summed E-state index contributed by atoms with van der Waals surface area (Å²) in [5, 5.41) is 0.640. The van der Waals surface area contributed by atoms with Crippen LogP contribution in [0.25, 0.3) is 0 Å². The predicted octanol–water partition coefficient (Wildman–Crippen LogP) is 2.32. The average molecular weight is 335 g/mol. The Hall–Kier alpha value is -1.07. The summed E-state index contributed by atoms with van der Waals surface area (Å²) in [5.74, 6) is -0.210.